The molecule has 1 N–H and O–H groups in total. The molecule has 0 radical (unpaired) electrons. The van der Waals surface area contributed by atoms with Crippen LogP contribution in [0.15, 0.2) is 18.2 Å². The predicted octanol–water partition coefficient (Wildman–Crippen LogP) is 4.32. The number of carbonyl (C=O) groups is 1. The number of rotatable bonds is 9. The standard InChI is InChI=1S/C18H29NO3/c1-6-11-21-16-10-9-15(13-14(16)4)19-17(20)18(5,8-3)22-12-7-2/h9-10,13H,6-8,11-12H2,1-5H3,(H,19,20)/t18-/m0/s1. The second kappa shape index (κ2) is 8.79. The minimum absolute atomic E-state index is 0.106. The highest BCUT2D eigenvalue weighted by atomic mass is 16.5. The maximum absolute atomic E-state index is 12.5. The Balaban J connectivity index is 2.76. The summed E-state index contributed by atoms with van der Waals surface area (Å²) in [7, 11) is 0. The predicted molar refractivity (Wildman–Crippen MR) is 90.5 cm³/mol. The summed E-state index contributed by atoms with van der Waals surface area (Å²) in [6.45, 7) is 11.2. The third-order valence-corrected chi connectivity index (χ3v) is 3.67. The van der Waals surface area contributed by atoms with Gasteiger partial charge in [-0.3, -0.25) is 4.79 Å². The van der Waals surface area contributed by atoms with Crippen molar-refractivity contribution in [3.8, 4) is 5.75 Å². The number of aryl methyl sites for hydroxylation is 1. The van der Waals surface area contributed by atoms with Crippen molar-refractivity contribution in [2.45, 2.75) is 59.5 Å². The fraction of sp³-hybridized carbons (Fsp3) is 0.611. The number of benzene rings is 1. The molecule has 1 rings (SSSR count). The number of nitrogens with one attached hydrogen (secondary N) is 1. The fourth-order valence-corrected chi connectivity index (χ4v) is 2.02. The molecule has 4 heteroatoms. The first-order chi connectivity index (χ1) is 10.5. The summed E-state index contributed by atoms with van der Waals surface area (Å²) in [5, 5.41) is 2.95. The molecule has 0 heterocycles. The van der Waals surface area contributed by atoms with E-state index < -0.39 is 5.60 Å². The number of amides is 1. The van der Waals surface area contributed by atoms with Crippen molar-refractivity contribution in [2.24, 2.45) is 0 Å². The molecular formula is C18H29NO3. The first kappa shape index (κ1) is 18.5. The monoisotopic (exact) mass is 307 g/mol. The van der Waals surface area contributed by atoms with Crippen molar-refractivity contribution in [1.29, 1.82) is 0 Å². The maximum Gasteiger partial charge on any atom is 0.256 e. The van der Waals surface area contributed by atoms with E-state index in [0.717, 1.165) is 29.8 Å². The van der Waals surface area contributed by atoms with Gasteiger partial charge in [0.05, 0.1) is 6.61 Å². The van der Waals surface area contributed by atoms with E-state index in [1.807, 2.05) is 45.9 Å². The third-order valence-electron chi connectivity index (χ3n) is 3.67. The van der Waals surface area contributed by atoms with Crippen LogP contribution in [-0.2, 0) is 9.53 Å². The van der Waals surface area contributed by atoms with Gasteiger partial charge in [-0.15, -0.1) is 0 Å². The summed E-state index contributed by atoms with van der Waals surface area (Å²) in [6, 6.07) is 5.70. The molecule has 0 aromatic heterocycles. The van der Waals surface area contributed by atoms with Crippen molar-refractivity contribution in [3.05, 3.63) is 23.8 Å². The Bertz CT molecular complexity index is 487. The molecule has 0 saturated carbocycles. The molecule has 0 saturated heterocycles. The molecule has 0 fully saturated rings. The fourth-order valence-electron chi connectivity index (χ4n) is 2.02. The number of carbonyl (C=O) groups excluding carboxylic acids is 1. The van der Waals surface area contributed by atoms with Gasteiger partial charge in [0.1, 0.15) is 11.4 Å². The van der Waals surface area contributed by atoms with Crippen LogP contribution >= 0.6 is 0 Å². The van der Waals surface area contributed by atoms with Crippen LogP contribution in [0.3, 0.4) is 0 Å². The Hall–Kier alpha value is -1.55. The zero-order chi connectivity index (χ0) is 16.6. The van der Waals surface area contributed by atoms with E-state index in [0.29, 0.717) is 19.6 Å². The second-order valence-corrected chi connectivity index (χ2v) is 5.72. The molecule has 0 aliphatic heterocycles. The molecule has 22 heavy (non-hydrogen) atoms. The van der Waals surface area contributed by atoms with Gasteiger partial charge in [0.15, 0.2) is 0 Å². The average molecular weight is 307 g/mol. The first-order valence-electron chi connectivity index (χ1n) is 8.15. The van der Waals surface area contributed by atoms with Crippen LogP contribution in [0.1, 0.15) is 52.5 Å². The lowest BCUT2D eigenvalue weighted by atomic mass is 10.0. The smallest absolute Gasteiger partial charge is 0.256 e. The number of ether oxygens (including phenoxy) is 2. The van der Waals surface area contributed by atoms with Crippen LogP contribution in [0.2, 0.25) is 0 Å². The Morgan fingerprint density at radius 1 is 1.18 bits per heavy atom. The molecule has 0 unspecified atom stereocenters. The molecule has 4 nitrogen and oxygen atoms in total. The van der Waals surface area contributed by atoms with Crippen molar-refractivity contribution < 1.29 is 14.3 Å². The summed E-state index contributed by atoms with van der Waals surface area (Å²) < 4.78 is 11.4. The van der Waals surface area contributed by atoms with Gasteiger partial charge in [-0.05, 0) is 56.9 Å². The van der Waals surface area contributed by atoms with Gasteiger partial charge in [0, 0.05) is 12.3 Å². The summed E-state index contributed by atoms with van der Waals surface area (Å²) in [6.07, 6.45) is 2.50. The maximum atomic E-state index is 12.5. The van der Waals surface area contributed by atoms with E-state index in [1.54, 1.807) is 0 Å². The Morgan fingerprint density at radius 3 is 2.41 bits per heavy atom. The molecule has 1 aromatic carbocycles. The van der Waals surface area contributed by atoms with Gasteiger partial charge in [0.25, 0.3) is 5.91 Å². The SMILES string of the molecule is CCCOc1ccc(NC(=O)[C@](C)(CC)OCCC)cc1C. The Morgan fingerprint density at radius 2 is 1.86 bits per heavy atom. The van der Waals surface area contributed by atoms with Gasteiger partial charge in [-0.2, -0.15) is 0 Å². The van der Waals surface area contributed by atoms with Crippen molar-refractivity contribution >= 4 is 11.6 Å². The van der Waals surface area contributed by atoms with E-state index in [-0.39, 0.29) is 5.91 Å². The van der Waals surface area contributed by atoms with E-state index in [2.05, 4.69) is 12.2 Å². The van der Waals surface area contributed by atoms with Gasteiger partial charge in [-0.1, -0.05) is 20.8 Å². The lowest BCUT2D eigenvalue weighted by Gasteiger charge is -2.27. The molecule has 0 bridgehead atoms. The zero-order valence-corrected chi connectivity index (χ0v) is 14.5. The Kier molecular flexibility index (Phi) is 7.39. The molecule has 0 aliphatic rings. The van der Waals surface area contributed by atoms with Crippen molar-refractivity contribution in [1.82, 2.24) is 0 Å². The highest BCUT2D eigenvalue weighted by molar-refractivity contribution is 5.97. The lowest BCUT2D eigenvalue weighted by Crippen LogP contribution is -2.42. The molecule has 0 aliphatic carbocycles. The minimum Gasteiger partial charge on any atom is -0.493 e. The molecule has 0 spiro atoms. The second-order valence-electron chi connectivity index (χ2n) is 5.72. The van der Waals surface area contributed by atoms with Crippen molar-refractivity contribution in [2.75, 3.05) is 18.5 Å². The van der Waals surface area contributed by atoms with Crippen LogP contribution in [0.25, 0.3) is 0 Å². The molecule has 1 atom stereocenters. The van der Waals surface area contributed by atoms with E-state index in [1.165, 1.54) is 0 Å². The largest absolute Gasteiger partial charge is 0.493 e. The quantitative estimate of drug-likeness (QED) is 0.739. The van der Waals surface area contributed by atoms with E-state index >= 15 is 0 Å². The highest BCUT2D eigenvalue weighted by Gasteiger charge is 2.32. The zero-order valence-electron chi connectivity index (χ0n) is 14.5. The van der Waals surface area contributed by atoms with Crippen molar-refractivity contribution in [3.63, 3.8) is 0 Å². The number of hydrogen-bond donors (Lipinski definition) is 1. The normalized spacial score (nSPS) is 13.5. The summed E-state index contributed by atoms with van der Waals surface area (Å²) >= 11 is 0. The van der Waals surface area contributed by atoms with Crippen LogP contribution in [-0.4, -0.2) is 24.7 Å². The van der Waals surface area contributed by atoms with Gasteiger partial charge in [0.2, 0.25) is 0 Å². The topological polar surface area (TPSA) is 47.6 Å². The summed E-state index contributed by atoms with van der Waals surface area (Å²) in [4.78, 5) is 12.5. The Labute approximate surface area is 134 Å². The molecule has 1 amide bonds. The van der Waals surface area contributed by atoms with Crippen LogP contribution in [0.5, 0.6) is 5.75 Å². The average Bonchev–Trinajstić information content (AvgIpc) is 2.51. The summed E-state index contributed by atoms with van der Waals surface area (Å²) in [5.41, 5.74) is 0.992. The number of hydrogen-bond acceptors (Lipinski definition) is 3. The van der Waals surface area contributed by atoms with Crippen LogP contribution < -0.4 is 10.1 Å². The van der Waals surface area contributed by atoms with E-state index in [4.69, 9.17) is 9.47 Å². The lowest BCUT2D eigenvalue weighted by molar-refractivity contribution is -0.139. The van der Waals surface area contributed by atoms with Gasteiger partial charge >= 0.3 is 0 Å². The molecular weight excluding hydrogens is 278 g/mol. The first-order valence-corrected chi connectivity index (χ1v) is 8.15. The van der Waals surface area contributed by atoms with E-state index in [9.17, 15) is 4.79 Å². The van der Waals surface area contributed by atoms with Crippen LogP contribution in [0, 0.1) is 6.92 Å². The highest BCUT2D eigenvalue weighted by Crippen LogP contribution is 2.24. The van der Waals surface area contributed by atoms with Crippen LogP contribution in [0.4, 0.5) is 5.69 Å². The summed E-state index contributed by atoms with van der Waals surface area (Å²) in [5.74, 6) is 0.755. The number of anilines is 1. The van der Waals surface area contributed by atoms with Gasteiger partial charge in [-0.25, -0.2) is 0 Å². The molecule has 1 aromatic rings. The third kappa shape index (κ3) is 5.02. The van der Waals surface area contributed by atoms with Gasteiger partial charge < -0.3 is 14.8 Å². The minimum atomic E-state index is -0.790. The molecule has 124 valence electrons.